The standard InChI is InChI=1S/C8H13N3S2/c1-13-8(3-2-4-8)5-11-6-9-10-7(11)12/h6H,2-5H2,1H3,(H,10,12). The molecule has 0 atom stereocenters. The molecule has 1 aliphatic carbocycles. The molecule has 1 aromatic rings. The molecule has 1 aliphatic rings. The lowest BCUT2D eigenvalue weighted by molar-refractivity contribution is 0.320. The van der Waals surface area contributed by atoms with Crippen LogP contribution >= 0.6 is 24.0 Å². The summed E-state index contributed by atoms with van der Waals surface area (Å²) >= 11 is 7.07. The number of rotatable bonds is 3. The van der Waals surface area contributed by atoms with Gasteiger partial charge in [-0.2, -0.15) is 16.9 Å². The second-order valence-electron chi connectivity index (χ2n) is 3.53. The zero-order valence-electron chi connectivity index (χ0n) is 7.62. The minimum atomic E-state index is 0.433. The Labute approximate surface area is 86.9 Å². The SMILES string of the molecule is CSC1(Cn2cn[nH]c2=S)CCC1. The van der Waals surface area contributed by atoms with Crippen molar-refractivity contribution in [2.75, 3.05) is 6.26 Å². The van der Waals surface area contributed by atoms with Crippen molar-refractivity contribution in [1.29, 1.82) is 0 Å². The fourth-order valence-electron chi connectivity index (χ4n) is 1.69. The third kappa shape index (κ3) is 1.67. The molecule has 0 radical (unpaired) electrons. The van der Waals surface area contributed by atoms with Crippen LogP contribution in [0.4, 0.5) is 0 Å². The fraction of sp³-hybridized carbons (Fsp3) is 0.750. The van der Waals surface area contributed by atoms with Gasteiger partial charge in [-0.05, 0) is 31.3 Å². The lowest BCUT2D eigenvalue weighted by Crippen LogP contribution is -2.37. The molecule has 0 spiro atoms. The molecule has 1 heterocycles. The Hall–Kier alpha value is -0.290. The number of H-pyrrole nitrogens is 1. The summed E-state index contributed by atoms with van der Waals surface area (Å²) in [4.78, 5) is 0. The minimum Gasteiger partial charge on any atom is -0.305 e. The first-order chi connectivity index (χ1) is 6.26. The van der Waals surface area contributed by atoms with E-state index < -0.39 is 0 Å². The van der Waals surface area contributed by atoms with Crippen molar-refractivity contribution in [2.45, 2.75) is 30.6 Å². The summed E-state index contributed by atoms with van der Waals surface area (Å²) in [7, 11) is 0. The first kappa shape index (κ1) is 9.27. The Balaban J connectivity index is 2.13. The highest BCUT2D eigenvalue weighted by Gasteiger charge is 2.36. The van der Waals surface area contributed by atoms with Gasteiger partial charge in [0, 0.05) is 11.3 Å². The highest BCUT2D eigenvalue weighted by molar-refractivity contribution is 8.00. The second-order valence-corrected chi connectivity index (χ2v) is 5.19. The predicted octanol–water partition coefficient (Wildman–Crippen LogP) is 2.23. The number of hydrogen-bond donors (Lipinski definition) is 1. The van der Waals surface area contributed by atoms with Crippen molar-refractivity contribution in [3.63, 3.8) is 0 Å². The summed E-state index contributed by atoms with van der Waals surface area (Å²) in [5.74, 6) is 0. The third-order valence-corrected chi connectivity index (χ3v) is 4.50. The zero-order chi connectivity index (χ0) is 9.31. The first-order valence-corrected chi connectivity index (χ1v) is 6.04. The maximum atomic E-state index is 5.11. The molecule has 13 heavy (non-hydrogen) atoms. The Morgan fingerprint density at radius 1 is 1.77 bits per heavy atom. The van der Waals surface area contributed by atoms with E-state index in [1.54, 1.807) is 6.33 Å². The molecule has 0 unspecified atom stereocenters. The van der Waals surface area contributed by atoms with Gasteiger partial charge < -0.3 is 4.57 Å². The highest BCUT2D eigenvalue weighted by atomic mass is 32.2. The number of nitrogens with one attached hydrogen (secondary N) is 1. The Bertz CT molecular complexity index is 332. The van der Waals surface area contributed by atoms with Crippen LogP contribution in [0.25, 0.3) is 0 Å². The predicted molar refractivity (Wildman–Crippen MR) is 57.5 cm³/mol. The van der Waals surface area contributed by atoms with Crippen LogP contribution in [0.1, 0.15) is 19.3 Å². The molecule has 0 aliphatic heterocycles. The average Bonchev–Trinajstić information content (AvgIpc) is 2.44. The van der Waals surface area contributed by atoms with Crippen LogP contribution in [0.3, 0.4) is 0 Å². The summed E-state index contributed by atoms with van der Waals surface area (Å²) in [6.45, 7) is 1.00. The van der Waals surface area contributed by atoms with E-state index in [2.05, 4.69) is 16.5 Å². The summed E-state index contributed by atoms with van der Waals surface area (Å²) in [5, 5.41) is 6.71. The smallest absolute Gasteiger partial charge is 0.194 e. The number of aromatic nitrogens is 3. The van der Waals surface area contributed by atoms with Crippen LogP contribution in [0, 0.1) is 4.77 Å². The van der Waals surface area contributed by atoms with Crippen molar-refractivity contribution in [3.8, 4) is 0 Å². The molecule has 2 rings (SSSR count). The van der Waals surface area contributed by atoms with Crippen LogP contribution in [0.15, 0.2) is 6.33 Å². The third-order valence-electron chi connectivity index (χ3n) is 2.77. The summed E-state index contributed by atoms with van der Waals surface area (Å²) in [6, 6.07) is 0. The van der Waals surface area contributed by atoms with Crippen molar-refractivity contribution < 1.29 is 0 Å². The molecular formula is C8H13N3S2. The highest BCUT2D eigenvalue weighted by Crippen LogP contribution is 2.43. The average molecular weight is 215 g/mol. The van der Waals surface area contributed by atoms with Gasteiger partial charge in [0.25, 0.3) is 0 Å². The van der Waals surface area contributed by atoms with Crippen molar-refractivity contribution >= 4 is 24.0 Å². The van der Waals surface area contributed by atoms with Gasteiger partial charge >= 0.3 is 0 Å². The molecule has 3 nitrogen and oxygen atoms in total. The van der Waals surface area contributed by atoms with Gasteiger partial charge in [0.2, 0.25) is 0 Å². The minimum absolute atomic E-state index is 0.433. The molecule has 0 bridgehead atoms. The van der Waals surface area contributed by atoms with E-state index >= 15 is 0 Å². The van der Waals surface area contributed by atoms with Gasteiger partial charge in [-0.15, -0.1) is 0 Å². The van der Waals surface area contributed by atoms with E-state index in [0.29, 0.717) is 4.75 Å². The van der Waals surface area contributed by atoms with E-state index in [1.165, 1.54) is 19.3 Å². The lowest BCUT2D eigenvalue weighted by Gasteiger charge is -2.40. The number of aromatic amines is 1. The van der Waals surface area contributed by atoms with E-state index in [0.717, 1.165) is 11.3 Å². The van der Waals surface area contributed by atoms with E-state index in [9.17, 15) is 0 Å². The molecule has 0 aromatic carbocycles. The fourth-order valence-corrected chi connectivity index (χ4v) is 2.82. The first-order valence-electron chi connectivity index (χ1n) is 4.41. The van der Waals surface area contributed by atoms with Crippen LogP contribution in [-0.4, -0.2) is 25.8 Å². The Morgan fingerprint density at radius 3 is 2.92 bits per heavy atom. The molecule has 5 heteroatoms. The van der Waals surface area contributed by atoms with Gasteiger partial charge in [-0.3, -0.25) is 5.10 Å². The molecule has 1 aromatic heterocycles. The Kier molecular flexibility index (Phi) is 2.47. The summed E-state index contributed by atoms with van der Waals surface area (Å²) < 4.78 is 3.20. The van der Waals surface area contributed by atoms with E-state index in [4.69, 9.17) is 12.2 Å². The number of nitrogens with zero attached hydrogens (tertiary/aromatic N) is 2. The van der Waals surface area contributed by atoms with E-state index in [-0.39, 0.29) is 0 Å². The second kappa shape index (κ2) is 3.46. The van der Waals surface area contributed by atoms with Crippen molar-refractivity contribution in [3.05, 3.63) is 11.1 Å². The molecule has 0 saturated heterocycles. The van der Waals surface area contributed by atoms with Crippen LogP contribution in [0.2, 0.25) is 0 Å². The van der Waals surface area contributed by atoms with Gasteiger partial charge in [0.15, 0.2) is 4.77 Å². The molecule has 0 amide bonds. The summed E-state index contributed by atoms with van der Waals surface area (Å²) in [5.41, 5.74) is 0. The van der Waals surface area contributed by atoms with Gasteiger partial charge in [0.05, 0.1) is 0 Å². The maximum Gasteiger partial charge on any atom is 0.194 e. The zero-order valence-corrected chi connectivity index (χ0v) is 9.25. The number of thioether (sulfide) groups is 1. The molecule has 1 fully saturated rings. The number of hydrogen-bond acceptors (Lipinski definition) is 3. The lowest BCUT2D eigenvalue weighted by atomic mass is 9.84. The van der Waals surface area contributed by atoms with Gasteiger partial charge in [0.1, 0.15) is 6.33 Å². The van der Waals surface area contributed by atoms with Crippen LogP contribution in [-0.2, 0) is 6.54 Å². The normalized spacial score (nSPS) is 19.8. The molecule has 1 saturated carbocycles. The van der Waals surface area contributed by atoms with E-state index in [1.807, 2.05) is 16.3 Å². The maximum absolute atomic E-state index is 5.11. The topological polar surface area (TPSA) is 33.6 Å². The Morgan fingerprint density at radius 2 is 2.54 bits per heavy atom. The molecule has 72 valence electrons. The van der Waals surface area contributed by atoms with Crippen LogP contribution < -0.4 is 0 Å². The monoisotopic (exact) mass is 215 g/mol. The molecular weight excluding hydrogens is 202 g/mol. The summed E-state index contributed by atoms with van der Waals surface area (Å²) in [6.07, 6.45) is 7.94. The van der Waals surface area contributed by atoms with Crippen molar-refractivity contribution in [1.82, 2.24) is 14.8 Å². The van der Waals surface area contributed by atoms with Gasteiger partial charge in [-0.1, -0.05) is 6.42 Å². The van der Waals surface area contributed by atoms with Crippen molar-refractivity contribution in [2.24, 2.45) is 0 Å². The molecule has 1 N–H and O–H groups in total. The largest absolute Gasteiger partial charge is 0.305 e. The van der Waals surface area contributed by atoms with Gasteiger partial charge in [-0.25, -0.2) is 0 Å². The van der Waals surface area contributed by atoms with Crippen LogP contribution in [0.5, 0.6) is 0 Å². The quantitative estimate of drug-likeness (QED) is 0.785.